The highest BCUT2D eigenvalue weighted by Gasteiger charge is 2.49. The summed E-state index contributed by atoms with van der Waals surface area (Å²) in [5.41, 5.74) is 0.772. The van der Waals surface area contributed by atoms with Crippen molar-refractivity contribution in [1.29, 1.82) is 0 Å². The number of likely N-dealkylation sites (tertiary alicyclic amines) is 1. The fourth-order valence-electron chi connectivity index (χ4n) is 3.79. The van der Waals surface area contributed by atoms with Crippen molar-refractivity contribution in [3.05, 3.63) is 35.4 Å². The Bertz CT molecular complexity index is 721. The van der Waals surface area contributed by atoms with E-state index in [1.54, 1.807) is 11.8 Å². The number of hydrogen-bond acceptors (Lipinski definition) is 3. The minimum Gasteiger partial charge on any atom is -0.341 e. The number of hydrogen-bond donors (Lipinski definition) is 1. The summed E-state index contributed by atoms with van der Waals surface area (Å²) in [6.45, 7) is 7.13. The van der Waals surface area contributed by atoms with Crippen molar-refractivity contribution in [2.24, 2.45) is 0 Å². The minimum atomic E-state index is -1.13. The smallest absolute Gasteiger partial charge is 0.325 e. The zero-order valence-corrected chi connectivity index (χ0v) is 16.5. The predicted octanol–water partition coefficient (Wildman–Crippen LogP) is 2.98. The van der Waals surface area contributed by atoms with E-state index in [9.17, 15) is 14.4 Å². The van der Waals surface area contributed by atoms with Crippen LogP contribution in [0.5, 0.6) is 0 Å². The molecule has 0 unspecified atom stereocenters. The van der Waals surface area contributed by atoms with Gasteiger partial charge in [-0.15, -0.1) is 0 Å². The second-order valence-electron chi connectivity index (χ2n) is 8.02. The van der Waals surface area contributed by atoms with Gasteiger partial charge >= 0.3 is 6.03 Å². The largest absolute Gasteiger partial charge is 0.341 e. The third kappa shape index (κ3) is 3.84. The van der Waals surface area contributed by atoms with E-state index in [1.165, 1.54) is 5.56 Å². The summed E-state index contributed by atoms with van der Waals surface area (Å²) in [4.78, 5) is 40.9. The molecule has 2 aliphatic rings. The van der Waals surface area contributed by atoms with Crippen molar-refractivity contribution in [3.8, 4) is 0 Å². The molecule has 0 aliphatic carbocycles. The Morgan fingerprint density at radius 3 is 2.22 bits per heavy atom. The number of urea groups is 1. The van der Waals surface area contributed by atoms with Crippen molar-refractivity contribution < 1.29 is 14.4 Å². The molecule has 0 aromatic heterocycles. The van der Waals surface area contributed by atoms with Gasteiger partial charge in [-0.25, -0.2) is 4.79 Å². The van der Waals surface area contributed by atoms with E-state index in [-0.39, 0.29) is 18.4 Å². The molecule has 2 heterocycles. The summed E-state index contributed by atoms with van der Waals surface area (Å²) in [6.07, 6.45) is 4.20. The van der Waals surface area contributed by atoms with Crippen LogP contribution >= 0.6 is 0 Å². The molecule has 2 fully saturated rings. The maximum absolute atomic E-state index is 13.0. The van der Waals surface area contributed by atoms with E-state index in [2.05, 4.69) is 19.2 Å². The van der Waals surface area contributed by atoms with Gasteiger partial charge in [0.15, 0.2) is 0 Å². The monoisotopic (exact) mass is 371 g/mol. The second kappa shape index (κ2) is 7.71. The molecular formula is C21H29N3O3. The van der Waals surface area contributed by atoms with Crippen LogP contribution in [0.1, 0.15) is 63.5 Å². The first kappa shape index (κ1) is 19.4. The number of carbonyl (C=O) groups is 3. The number of amides is 4. The molecule has 6 nitrogen and oxygen atoms in total. The highest BCUT2D eigenvalue weighted by molar-refractivity contribution is 6.09. The summed E-state index contributed by atoms with van der Waals surface area (Å²) in [5.74, 6) is -0.128. The Balaban J connectivity index is 1.74. The standard InChI is InChI=1S/C21H29N3O3/c1-15(2)16-8-10-17(11-9-16)21(3)19(26)24(20(27)22-21)14-18(25)23-12-6-4-5-7-13-23/h8-11,15H,4-7,12-14H2,1-3H3,(H,22,27)/t21-/m0/s1. The number of nitrogens with one attached hydrogen (secondary N) is 1. The summed E-state index contributed by atoms with van der Waals surface area (Å²) >= 11 is 0. The lowest BCUT2D eigenvalue weighted by atomic mass is 9.90. The fourth-order valence-corrected chi connectivity index (χ4v) is 3.79. The molecule has 0 bridgehead atoms. The van der Waals surface area contributed by atoms with Crippen molar-refractivity contribution in [2.45, 2.75) is 57.9 Å². The lowest BCUT2D eigenvalue weighted by molar-refractivity contribution is -0.138. The summed E-state index contributed by atoms with van der Waals surface area (Å²) in [7, 11) is 0. The molecule has 1 atom stereocenters. The molecular weight excluding hydrogens is 342 g/mol. The third-order valence-corrected chi connectivity index (χ3v) is 5.68. The molecule has 1 N–H and O–H groups in total. The second-order valence-corrected chi connectivity index (χ2v) is 8.02. The Morgan fingerprint density at radius 1 is 1.07 bits per heavy atom. The summed E-state index contributed by atoms with van der Waals surface area (Å²) in [6, 6.07) is 7.23. The van der Waals surface area contributed by atoms with Crippen molar-refractivity contribution >= 4 is 17.8 Å². The Morgan fingerprint density at radius 2 is 1.67 bits per heavy atom. The quantitative estimate of drug-likeness (QED) is 0.827. The van der Waals surface area contributed by atoms with Crippen LogP contribution in [0.4, 0.5) is 4.79 Å². The van der Waals surface area contributed by atoms with Crippen LogP contribution in [0.3, 0.4) is 0 Å². The molecule has 0 radical (unpaired) electrons. The fraction of sp³-hybridized carbons (Fsp3) is 0.571. The van der Waals surface area contributed by atoms with E-state index in [4.69, 9.17) is 0 Å². The van der Waals surface area contributed by atoms with Gasteiger partial charge in [-0.05, 0) is 36.8 Å². The maximum atomic E-state index is 13.0. The number of rotatable bonds is 4. The van der Waals surface area contributed by atoms with Crippen LogP contribution in [0.2, 0.25) is 0 Å². The first-order valence-corrected chi connectivity index (χ1v) is 9.85. The first-order chi connectivity index (χ1) is 12.8. The molecule has 146 valence electrons. The number of carbonyl (C=O) groups excluding carboxylic acids is 3. The van der Waals surface area contributed by atoms with Gasteiger partial charge in [0.25, 0.3) is 5.91 Å². The number of nitrogens with zero attached hydrogens (tertiary/aromatic N) is 2. The van der Waals surface area contributed by atoms with Crippen LogP contribution in [0, 0.1) is 0 Å². The molecule has 0 saturated carbocycles. The highest BCUT2D eigenvalue weighted by atomic mass is 16.2. The van der Waals surface area contributed by atoms with Crippen LogP contribution in [0.15, 0.2) is 24.3 Å². The molecule has 1 aromatic rings. The van der Waals surface area contributed by atoms with Gasteiger partial charge in [0.1, 0.15) is 12.1 Å². The van der Waals surface area contributed by atoms with Crippen LogP contribution in [-0.2, 0) is 15.1 Å². The SMILES string of the molecule is CC(C)c1ccc([C@]2(C)NC(=O)N(CC(=O)N3CCCCCC3)C2=O)cc1. The normalized spacial score (nSPS) is 23.6. The summed E-state index contributed by atoms with van der Waals surface area (Å²) in [5, 5.41) is 2.78. The van der Waals surface area contributed by atoms with Gasteiger partial charge in [-0.3, -0.25) is 14.5 Å². The number of imide groups is 1. The van der Waals surface area contributed by atoms with Crippen LogP contribution in [0.25, 0.3) is 0 Å². The average molecular weight is 371 g/mol. The zero-order valence-electron chi connectivity index (χ0n) is 16.5. The zero-order chi connectivity index (χ0) is 19.6. The molecule has 1 aromatic carbocycles. The van der Waals surface area contributed by atoms with Crippen LogP contribution in [-0.4, -0.2) is 47.3 Å². The lowest BCUT2D eigenvalue weighted by Crippen LogP contribution is -2.44. The predicted molar refractivity (Wildman–Crippen MR) is 103 cm³/mol. The topological polar surface area (TPSA) is 69.7 Å². The molecule has 2 aliphatic heterocycles. The average Bonchev–Trinajstić information content (AvgIpc) is 2.85. The Hall–Kier alpha value is -2.37. The van der Waals surface area contributed by atoms with Gasteiger partial charge in [-0.1, -0.05) is 51.0 Å². The van der Waals surface area contributed by atoms with Gasteiger partial charge in [-0.2, -0.15) is 0 Å². The molecule has 0 spiro atoms. The van der Waals surface area contributed by atoms with E-state index in [1.807, 2.05) is 24.3 Å². The van der Waals surface area contributed by atoms with Crippen molar-refractivity contribution in [2.75, 3.05) is 19.6 Å². The molecule has 3 rings (SSSR count). The minimum absolute atomic E-state index is 0.153. The molecule has 27 heavy (non-hydrogen) atoms. The maximum Gasteiger partial charge on any atom is 0.325 e. The Kier molecular flexibility index (Phi) is 5.53. The van der Waals surface area contributed by atoms with E-state index in [0.717, 1.165) is 36.1 Å². The molecule has 4 amide bonds. The van der Waals surface area contributed by atoms with E-state index < -0.39 is 11.6 Å². The van der Waals surface area contributed by atoms with Gasteiger partial charge in [0.2, 0.25) is 5.91 Å². The van der Waals surface area contributed by atoms with Gasteiger partial charge < -0.3 is 10.2 Å². The molecule has 6 heteroatoms. The number of benzene rings is 1. The first-order valence-electron chi connectivity index (χ1n) is 9.85. The van der Waals surface area contributed by atoms with Crippen molar-refractivity contribution in [1.82, 2.24) is 15.1 Å². The van der Waals surface area contributed by atoms with E-state index >= 15 is 0 Å². The Labute approximate surface area is 160 Å². The van der Waals surface area contributed by atoms with Gasteiger partial charge in [0, 0.05) is 13.1 Å². The third-order valence-electron chi connectivity index (χ3n) is 5.68. The van der Waals surface area contributed by atoms with Gasteiger partial charge in [0.05, 0.1) is 0 Å². The highest BCUT2D eigenvalue weighted by Crippen LogP contribution is 2.30. The van der Waals surface area contributed by atoms with Crippen molar-refractivity contribution in [3.63, 3.8) is 0 Å². The van der Waals surface area contributed by atoms with E-state index in [0.29, 0.717) is 19.0 Å². The lowest BCUT2D eigenvalue weighted by Gasteiger charge is -2.24. The van der Waals surface area contributed by atoms with Crippen LogP contribution < -0.4 is 5.32 Å². The molecule has 2 saturated heterocycles. The summed E-state index contributed by atoms with van der Waals surface area (Å²) < 4.78 is 0.